The molecule has 146 valence electrons. The van der Waals surface area contributed by atoms with Gasteiger partial charge in [0.25, 0.3) is 0 Å². The van der Waals surface area contributed by atoms with Gasteiger partial charge in [-0.25, -0.2) is 19.4 Å². The number of methoxy groups -OCH3 is 1. The minimum absolute atomic E-state index is 0.0248. The molecule has 0 bridgehead atoms. The van der Waals surface area contributed by atoms with Gasteiger partial charge in [0.05, 0.1) is 24.2 Å². The number of rotatable bonds is 3. The number of aromatic nitrogens is 4. The van der Waals surface area contributed by atoms with Gasteiger partial charge >= 0.3 is 6.09 Å². The first-order chi connectivity index (χ1) is 13.5. The van der Waals surface area contributed by atoms with Crippen molar-refractivity contribution in [3.8, 4) is 17.0 Å². The SMILES string of the molecule is COc1cc(-c2nn(C3CCN(C(=O)O)CC3)c3ncnc(N)c23)ccc1N. The van der Waals surface area contributed by atoms with Crippen LogP contribution in [0, 0.1) is 0 Å². The summed E-state index contributed by atoms with van der Waals surface area (Å²) in [6.07, 6.45) is 1.81. The number of nitrogen functional groups attached to an aromatic ring is 2. The highest BCUT2D eigenvalue weighted by molar-refractivity contribution is 5.98. The van der Waals surface area contributed by atoms with Crippen LogP contribution in [-0.4, -0.2) is 56.0 Å². The van der Waals surface area contributed by atoms with E-state index in [1.807, 2.05) is 10.7 Å². The minimum Gasteiger partial charge on any atom is -0.495 e. The molecule has 1 amide bonds. The largest absolute Gasteiger partial charge is 0.495 e. The van der Waals surface area contributed by atoms with E-state index in [1.165, 1.54) is 11.2 Å². The van der Waals surface area contributed by atoms with Gasteiger partial charge in [-0.1, -0.05) is 6.07 Å². The number of hydrogen-bond donors (Lipinski definition) is 3. The van der Waals surface area contributed by atoms with Gasteiger partial charge in [0.15, 0.2) is 5.65 Å². The molecular formula is C18H21N7O3. The predicted octanol–water partition coefficient (Wildman–Crippen LogP) is 1.98. The van der Waals surface area contributed by atoms with E-state index in [0.29, 0.717) is 59.9 Å². The lowest BCUT2D eigenvalue weighted by Crippen LogP contribution is -2.38. The molecule has 1 saturated heterocycles. The number of hydrogen-bond acceptors (Lipinski definition) is 7. The van der Waals surface area contributed by atoms with E-state index < -0.39 is 6.09 Å². The van der Waals surface area contributed by atoms with Gasteiger partial charge in [0, 0.05) is 18.7 Å². The van der Waals surface area contributed by atoms with Crippen molar-refractivity contribution in [1.29, 1.82) is 0 Å². The van der Waals surface area contributed by atoms with Crippen LogP contribution in [0.1, 0.15) is 18.9 Å². The number of fused-ring (bicyclic) bond motifs is 1. The Labute approximate surface area is 160 Å². The van der Waals surface area contributed by atoms with Crippen molar-refractivity contribution in [3.05, 3.63) is 24.5 Å². The number of ether oxygens (including phenoxy) is 1. The maximum atomic E-state index is 11.2. The zero-order valence-corrected chi connectivity index (χ0v) is 15.4. The maximum Gasteiger partial charge on any atom is 0.407 e. The Morgan fingerprint density at radius 1 is 1.25 bits per heavy atom. The number of piperidine rings is 1. The smallest absolute Gasteiger partial charge is 0.407 e. The molecule has 10 heteroatoms. The summed E-state index contributed by atoms with van der Waals surface area (Å²) in [6, 6.07) is 5.44. The van der Waals surface area contributed by atoms with Gasteiger partial charge in [0.2, 0.25) is 0 Å². The first-order valence-electron chi connectivity index (χ1n) is 8.90. The Bertz CT molecular complexity index is 1040. The van der Waals surface area contributed by atoms with E-state index in [-0.39, 0.29) is 6.04 Å². The van der Waals surface area contributed by atoms with E-state index in [0.717, 1.165) is 5.56 Å². The molecule has 2 aromatic heterocycles. The van der Waals surface area contributed by atoms with Crippen molar-refractivity contribution in [1.82, 2.24) is 24.6 Å². The number of likely N-dealkylation sites (tertiary alicyclic amines) is 1. The quantitative estimate of drug-likeness (QED) is 0.582. The van der Waals surface area contributed by atoms with Crippen LogP contribution in [0.3, 0.4) is 0 Å². The molecule has 0 radical (unpaired) electrons. The zero-order chi connectivity index (χ0) is 19.8. The van der Waals surface area contributed by atoms with Crippen LogP contribution >= 0.6 is 0 Å². The Morgan fingerprint density at radius 2 is 2.00 bits per heavy atom. The molecule has 4 rings (SSSR count). The molecular weight excluding hydrogens is 362 g/mol. The number of nitrogens with zero attached hydrogens (tertiary/aromatic N) is 5. The lowest BCUT2D eigenvalue weighted by Gasteiger charge is -2.30. The molecule has 1 aliphatic rings. The predicted molar refractivity (Wildman–Crippen MR) is 104 cm³/mol. The maximum absolute atomic E-state index is 11.2. The molecule has 0 aliphatic carbocycles. The fourth-order valence-electron chi connectivity index (χ4n) is 3.61. The second-order valence-corrected chi connectivity index (χ2v) is 6.71. The average molecular weight is 383 g/mol. The van der Waals surface area contributed by atoms with Crippen molar-refractivity contribution < 1.29 is 14.6 Å². The lowest BCUT2D eigenvalue weighted by atomic mass is 10.1. The van der Waals surface area contributed by atoms with Crippen LogP contribution < -0.4 is 16.2 Å². The molecule has 5 N–H and O–H groups in total. The standard InChI is InChI=1S/C18H21N7O3/c1-28-13-8-10(2-3-12(13)19)15-14-16(20)21-9-22-17(14)25(23-15)11-4-6-24(7-5-11)18(26)27/h2-3,8-9,11H,4-7,19H2,1H3,(H,26,27)(H2,20,21,22). The third kappa shape index (κ3) is 2.92. The van der Waals surface area contributed by atoms with Crippen molar-refractivity contribution >= 4 is 28.6 Å². The summed E-state index contributed by atoms with van der Waals surface area (Å²) in [4.78, 5) is 21.1. The van der Waals surface area contributed by atoms with Crippen LogP contribution in [0.25, 0.3) is 22.3 Å². The van der Waals surface area contributed by atoms with Crippen molar-refractivity contribution in [2.45, 2.75) is 18.9 Å². The average Bonchev–Trinajstić information content (AvgIpc) is 3.09. The zero-order valence-electron chi connectivity index (χ0n) is 15.4. The number of nitrogens with two attached hydrogens (primary N) is 2. The highest BCUT2D eigenvalue weighted by atomic mass is 16.5. The van der Waals surface area contributed by atoms with Crippen molar-refractivity contribution in [2.24, 2.45) is 0 Å². The fraction of sp³-hybridized carbons (Fsp3) is 0.333. The first-order valence-corrected chi connectivity index (χ1v) is 8.90. The molecule has 1 aromatic carbocycles. The topological polar surface area (TPSA) is 145 Å². The number of carbonyl (C=O) groups is 1. The Hall–Kier alpha value is -3.56. The van der Waals surface area contributed by atoms with Gasteiger partial charge in [-0.3, -0.25) is 0 Å². The Morgan fingerprint density at radius 3 is 2.68 bits per heavy atom. The molecule has 10 nitrogen and oxygen atoms in total. The van der Waals surface area contributed by atoms with E-state index >= 15 is 0 Å². The molecule has 0 spiro atoms. The van der Waals surface area contributed by atoms with Gasteiger partial charge < -0.3 is 26.2 Å². The van der Waals surface area contributed by atoms with E-state index in [9.17, 15) is 9.90 Å². The number of benzene rings is 1. The summed E-state index contributed by atoms with van der Waals surface area (Å²) in [5.74, 6) is 0.885. The number of amides is 1. The third-order valence-electron chi connectivity index (χ3n) is 5.11. The highest BCUT2D eigenvalue weighted by Crippen LogP contribution is 2.36. The molecule has 0 atom stereocenters. The van der Waals surface area contributed by atoms with E-state index in [2.05, 4.69) is 9.97 Å². The van der Waals surface area contributed by atoms with Crippen LogP contribution in [0.15, 0.2) is 24.5 Å². The first kappa shape index (κ1) is 17.8. The van der Waals surface area contributed by atoms with Crippen LogP contribution in [0.4, 0.5) is 16.3 Å². The van der Waals surface area contributed by atoms with Crippen molar-refractivity contribution in [3.63, 3.8) is 0 Å². The highest BCUT2D eigenvalue weighted by Gasteiger charge is 2.27. The van der Waals surface area contributed by atoms with Gasteiger partial charge in [-0.05, 0) is 25.0 Å². The Kier molecular flexibility index (Phi) is 4.38. The van der Waals surface area contributed by atoms with E-state index in [4.69, 9.17) is 21.3 Å². The normalized spacial score (nSPS) is 15.1. The van der Waals surface area contributed by atoms with Gasteiger partial charge in [-0.2, -0.15) is 5.10 Å². The summed E-state index contributed by atoms with van der Waals surface area (Å²) in [6.45, 7) is 0.903. The van der Waals surface area contributed by atoms with Crippen LogP contribution in [0.2, 0.25) is 0 Å². The lowest BCUT2D eigenvalue weighted by molar-refractivity contribution is 0.124. The fourth-order valence-corrected chi connectivity index (χ4v) is 3.61. The van der Waals surface area contributed by atoms with Crippen molar-refractivity contribution in [2.75, 3.05) is 31.7 Å². The second kappa shape index (κ2) is 6.87. The molecule has 1 aliphatic heterocycles. The van der Waals surface area contributed by atoms with Crippen LogP contribution in [-0.2, 0) is 0 Å². The van der Waals surface area contributed by atoms with Gasteiger partial charge in [0.1, 0.15) is 23.6 Å². The molecule has 0 saturated carbocycles. The minimum atomic E-state index is -0.898. The van der Waals surface area contributed by atoms with Crippen LogP contribution in [0.5, 0.6) is 5.75 Å². The Balaban J connectivity index is 1.80. The summed E-state index contributed by atoms with van der Waals surface area (Å²) in [7, 11) is 1.56. The molecule has 1 fully saturated rings. The summed E-state index contributed by atoms with van der Waals surface area (Å²) >= 11 is 0. The molecule has 3 heterocycles. The van der Waals surface area contributed by atoms with Gasteiger partial charge in [-0.15, -0.1) is 0 Å². The molecule has 0 unspecified atom stereocenters. The van der Waals surface area contributed by atoms with E-state index in [1.54, 1.807) is 19.2 Å². The third-order valence-corrected chi connectivity index (χ3v) is 5.11. The number of carboxylic acid groups (broad SMARTS) is 1. The summed E-state index contributed by atoms with van der Waals surface area (Å²) < 4.78 is 7.16. The monoisotopic (exact) mass is 383 g/mol. The molecule has 3 aromatic rings. The second-order valence-electron chi connectivity index (χ2n) is 6.71. The number of anilines is 2. The molecule has 28 heavy (non-hydrogen) atoms. The summed E-state index contributed by atoms with van der Waals surface area (Å²) in [5.41, 5.74) is 14.7. The summed E-state index contributed by atoms with van der Waals surface area (Å²) in [5, 5.41) is 14.6.